The zero-order valence-corrected chi connectivity index (χ0v) is 9.35. The lowest BCUT2D eigenvalue weighted by Gasteiger charge is -2.02. The first-order valence-electron chi connectivity index (χ1n) is 4.35. The molecule has 74 valence electrons. The lowest BCUT2D eigenvalue weighted by molar-refractivity contribution is 0.184. The maximum absolute atomic E-state index is 5.67. The van der Waals surface area contributed by atoms with E-state index in [0.29, 0.717) is 11.8 Å². The molecule has 0 atom stereocenters. The molecule has 0 saturated heterocycles. The first-order chi connectivity index (χ1) is 6.24. The fourth-order valence-electron chi connectivity index (χ4n) is 0.867. The molecule has 0 spiro atoms. The second-order valence-electron chi connectivity index (χ2n) is 2.31. The van der Waals surface area contributed by atoms with E-state index in [1.165, 1.54) is 0 Å². The summed E-state index contributed by atoms with van der Waals surface area (Å²) in [4.78, 5) is 4.08. The van der Waals surface area contributed by atoms with Crippen LogP contribution in [0.1, 0.15) is 25.1 Å². The molecule has 2 nitrogen and oxygen atoms in total. The Morgan fingerprint density at radius 2 is 2.00 bits per heavy atom. The van der Waals surface area contributed by atoms with Crippen LogP contribution in [-0.4, -0.2) is 12.1 Å². The Hall–Kier alpha value is -0.600. The van der Waals surface area contributed by atoms with Crippen LogP contribution in [0.4, 0.5) is 0 Å². The molecule has 0 aliphatic rings. The van der Waals surface area contributed by atoms with Gasteiger partial charge in [0.2, 0.25) is 0 Å². The van der Waals surface area contributed by atoms with E-state index < -0.39 is 0 Å². The normalized spacial score (nSPS) is 9.00. The molecule has 1 heterocycles. The molecule has 0 amide bonds. The van der Waals surface area contributed by atoms with Crippen molar-refractivity contribution in [2.75, 3.05) is 7.11 Å². The van der Waals surface area contributed by atoms with Gasteiger partial charge in [-0.2, -0.15) is 0 Å². The fraction of sp³-hybridized carbons (Fsp3) is 0.500. The number of aromatic nitrogens is 1. The summed E-state index contributed by atoms with van der Waals surface area (Å²) in [6.45, 7) is 6.51. The predicted octanol–water partition coefficient (Wildman–Crippen LogP) is 3.22. The number of aryl methyl sites for hydroxylation is 1. The van der Waals surface area contributed by atoms with Gasteiger partial charge < -0.3 is 4.74 Å². The van der Waals surface area contributed by atoms with Crippen LogP contribution in [0.25, 0.3) is 0 Å². The first kappa shape index (κ1) is 12.4. The van der Waals surface area contributed by atoms with Crippen molar-refractivity contribution >= 4 is 11.6 Å². The van der Waals surface area contributed by atoms with Gasteiger partial charge in [-0.3, -0.25) is 0 Å². The Bertz CT molecular complexity index is 251. The van der Waals surface area contributed by atoms with Gasteiger partial charge in [-0.05, 0) is 18.6 Å². The van der Waals surface area contributed by atoms with E-state index in [1.54, 1.807) is 13.2 Å². The van der Waals surface area contributed by atoms with Crippen molar-refractivity contribution in [1.29, 1.82) is 0 Å². The molecule has 0 aliphatic carbocycles. The molecule has 3 heteroatoms. The summed E-state index contributed by atoms with van der Waals surface area (Å²) in [5.41, 5.74) is 2.01. The molecule has 0 unspecified atom stereocenters. The van der Waals surface area contributed by atoms with E-state index in [1.807, 2.05) is 26.8 Å². The summed E-state index contributed by atoms with van der Waals surface area (Å²) in [7, 11) is 1.66. The van der Waals surface area contributed by atoms with Crippen molar-refractivity contribution in [2.24, 2.45) is 0 Å². The number of nitrogens with zero attached hydrogens (tertiary/aromatic N) is 1. The van der Waals surface area contributed by atoms with E-state index in [2.05, 4.69) is 4.98 Å². The number of halogens is 1. The number of methoxy groups -OCH3 is 1. The number of hydrogen-bond acceptors (Lipinski definition) is 2. The molecule has 0 fully saturated rings. The van der Waals surface area contributed by atoms with E-state index in [-0.39, 0.29) is 0 Å². The largest absolute Gasteiger partial charge is 0.380 e. The molecular formula is C10H16ClNO. The lowest BCUT2D eigenvalue weighted by atomic mass is 10.2. The van der Waals surface area contributed by atoms with Gasteiger partial charge in [0.1, 0.15) is 5.15 Å². The van der Waals surface area contributed by atoms with Crippen molar-refractivity contribution in [3.8, 4) is 0 Å². The van der Waals surface area contributed by atoms with Crippen LogP contribution < -0.4 is 0 Å². The standard InChI is InChI=1S/C8H10ClNO.C2H6/c1-6-7(5-11-2)3-4-8(9)10-6;1-2/h3-4H,5H2,1-2H3;1-2H3. The number of ether oxygens (including phenoxy) is 1. The Morgan fingerprint density at radius 1 is 1.38 bits per heavy atom. The molecule has 13 heavy (non-hydrogen) atoms. The summed E-state index contributed by atoms with van der Waals surface area (Å²) in [6, 6.07) is 3.69. The smallest absolute Gasteiger partial charge is 0.129 e. The van der Waals surface area contributed by atoms with Crippen LogP contribution in [0.5, 0.6) is 0 Å². The molecule has 1 rings (SSSR count). The van der Waals surface area contributed by atoms with Crippen molar-refractivity contribution in [3.05, 3.63) is 28.5 Å². The highest BCUT2D eigenvalue weighted by Gasteiger charge is 1.98. The molecule has 0 aliphatic heterocycles. The molecular weight excluding hydrogens is 186 g/mol. The second-order valence-corrected chi connectivity index (χ2v) is 2.70. The van der Waals surface area contributed by atoms with Crippen LogP contribution >= 0.6 is 11.6 Å². The summed E-state index contributed by atoms with van der Waals surface area (Å²) in [5.74, 6) is 0. The van der Waals surface area contributed by atoms with Crippen LogP contribution in [0.15, 0.2) is 12.1 Å². The van der Waals surface area contributed by atoms with Gasteiger partial charge in [-0.1, -0.05) is 31.5 Å². The highest BCUT2D eigenvalue weighted by Crippen LogP contribution is 2.10. The van der Waals surface area contributed by atoms with Gasteiger partial charge in [0.05, 0.1) is 6.61 Å². The molecule has 0 N–H and O–H groups in total. The maximum Gasteiger partial charge on any atom is 0.129 e. The topological polar surface area (TPSA) is 22.1 Å². The molecule has 0 aromatic carbocycles. The van der Waals surface area contributed by atoms with Gasteiger partial charge in [-0.25, -0.2) is 4.98 Å². The SMILES string of the molecule is CC.COCc1ccc(Cl)nc1C. The summed E-state index contributed by atoms with van der Waals surface area (Å²) >= 11 is 5.67. The molecule has 0 radical (unpaired) electrons. The Labute approximate surface area is 84.9 Å². The van der Waals surface area contributed by atoms with Gasteiger partial charge in [0.25, 0.3) is 0 Å². The van der Waals surface area contributed by atoms with E-state index in [9.17, 15) is 0 Å². The number of hydrogen-bond donors (Lipinski definition) is 0. The minimum atomic E-state index is 0.530. The highest BCUT2D eigenvalue weighted by molar-refractivity contribution is 6.29. The average molecular weight is 202 g/mol. The zero-order valence-electron chi connectivity index (χ0n) is 8.60. The molecule has 1 aromatic rings. The van der Waals surface area contributed by atoms with Gasteiger partial charge in [0, 0.05) is 12.8 Å². The maximum atomic E-state index is 5.67. The van der Waals surface area contributed by atoms with Crippen LogP contribution in [0.3, 0.4) is 0 Å². The van der Waals surface area contributed by atoms with Gasteiger partial charge in [-0.15, -0.1) is 0 Å². The predicted molar refractivity (Wildman–Crippen MR) is 56.0 cm³/mol. The minimum absolute atomic E-state index is 0.530. The third kappa shape index (κ3) is 4.25. The monoisotopic (exact) mass is 201 g/mol. The molecule has 1 aromatic heterocycles. The molecule has 0 saturated carbocycles. The zero-order chi connectivity index (χ0) is 10.3. The minimum Gasteiger partial charge on any atom is -0.380 e. The van der Waals surface area contributed by atoms with Crippen LogP contribution in [0, 0.1) is 6.92 Å². The van der Waals surface area contributed by atoms with E-state index >= 15 is 0 Å². The quantitative estimate of drug-likeness (QED) is 0.686. The summed E-state index contributed by atoms with van der Waals surface area (Å²) in [5, 5.41) is 0.530. The Kier molecular flexibility index (Phi) is 6.55. The Morgan fingerprint density at radius 3 is 2.46 bits per heavy atom. The van der Waals surface area contributed by atoms with Crippen molar-refractivity contribution < 1.29 is 4.74 Å². The van der Waals surface area contributed by atoms with Gasteiger partial charge >= 0.3 is 0 Å². The second kappa shape index (κ2) is 6.87. The van der Waals surface area contributed by atoms with E-state index in [4.69, 9.17) is 16.3 Å². The summed E-state index contributed by atoms with van der Waals surface area (Å²) < 4.78 is 4.97. The highest BCUT2D eigenvalue weighted by atomic mass is 35.5. The van der Waals surface area contributed by atoms with Gasteiger partial charge in [0.15, 0.2) is 0 Å². The van der Waals surface area contributed by atoms with Crippen LogP contribution in [0.2, 0.25) is 5.15 Å². The van der Waals surface area contributed by atoms with Crippen molar-refractivity contribution in [3.63, 3.8) is 0 Å². The van der Waals surface area contributed by atoms with Crippen molar-refractivity contribution in [1.82, 2.24) is 4.98 Å². The lowest BCUT2D eigenvalue weighted by Crippen LogP contribution is -1.93. The number of pyridine rings is 1. The van der Waals surface area contributed by atoms with Crippen molar-refractivity contribution in [2.45, 2.75) is 27.4 Å². The average Bonchev–Trinajstić information content (AvgIpc) is 2.14. The first-order valence-corrected chi connectivity index (χ1v) is 4.73. The Balaban J connectivity index is 0.000000671. The molecule has 0 bridgehead atoms. The fourth-order valence-corrected chi connectivity index (χ4v) is 1.06. The summed E-state index contributed by atoms with van der Waals surface area (Å²) in [6.07, 6.45) is 0. The number of rotatable bonds is 2. The van der Waals surface area contributed by atoms with Crippen LogP contribution in [-0.2, 0) is 11.3 Å². The third-order valence-electron chi connectivity index (χ3n) is 1.46. The van der Waals surface area contributed by atoms with E-state index in [0.717, 1.165) is 11.3 Å². The third-order valence-corrected chi connectivity index (χ3v) is 1.67.